The molecule has 0 spiro atoms. The SMILES string of the molecule is C=C(C)C(=O)NP=O. The first-order valence-corrected chi connectivity index (χ1v) is 2.78. The van der Waals surface area contributed by atoms with Crippen LogP contribution in [0.3, 0.4) is 0 Å². The van der Waals surface area contributed by atoms with E-state index >= 15 is 0 Å². The molecular weight excluding hydrogens is 125 g/mol. The Hall–Kier alpha value is -0.690. The Balaban J connectivity index is 3.65. The quantitative estimate of drug-likeness (QED) is 0.446. The lowest BCUT2D eigenvalue weighted by Gasteiger charge is -1.89. The molecule has 0 radical (unpaired) electrons. The van der Waals surface area contributed by atoms with Gasteiger partial charge in [-0.1, -0.05) is 6.58 Å². The van der Waals surface area contributed by atoms with Crippen molar-refractivity contribution in [3.05, 3.63) is 12.2 Å². The van der Waals surface area contributed by atoms with Gasteiger partial charge < -0.3 is 0 Å². The number of amides is 1. The predicted molar refractivity (Wildman–Crippen MR) is 30.6 cm³/mol. The molecule has 0 unspecified atom stereocenters. The summed E-state index contributed by atoms with van der Waals surface area (Å²) >= 11 is 0. The van der Waals surface area contributed by atoms with Crippen LogP contribution >= 0.6 is 8.61 Å². The first-order chi connectivity index (χ1) is 3.68. The fraction of sp³-hybridized carbons (Fsp3) is 0.250. The number of hydrogen-bond donors (Lipinski definition) is 1. The summed E-state index contributed by atoms with van der Waals surface area (Å²) in [5, 5.41) is 2.02. The van der Waals surface area contributed by atoms with E-state index < -0.39 is 0 Å². The van der Waals surface area contributed by atoms with Crippen LogP contribution in [0.1, 0.15) is 6.92 Å². The van der Waals surface area contributed by atoms with Crippen LogP contribution in [0.5, 0.6) is 0 Å². The van der Waals surface area contributed by atoms with E-state index in [4.69, 9.17) is 0 Å². The number of carbonyl (C=O) groups is 1. The van der Waals surface area contributed by atoms with Crippen LogP contribution in [0.15, 0.2) is 12.2 Å². The third-order valence-electron chi connectivity index (χ3n) is 0.535. The summed E-state index contributed by atoms with van der Waals surface area (Å²) in [4.78, 5) is 10.3. The van der Waals surface area contributed by atoms with Crippen LogP contribution in [0.2, 0.25) is 0 Å². The van der Waals surface area contributed by atoms with Gasteiger partial charge in [0.25, 0.3) is 14.5 Å². The molecule has 0 fully saturated rings. The summed E-state index contributed by atoms with van der Waals surface area (Å²) in [5.41, 5.74) is 0.355. The molecular formula is C4H6NO2P. The van der Waals surface area contributed by atoms with Crippen molar-refractivity contribution in [1.82, 2.24) is 5.09 Å². The molecule has 0 heterocycles. The molecule has 0 aliphatic rings. The second-order valence-electron chi connectivity index (χ2n) is 1.31. The molecule has 44 valence electrons. The average molecular weight is 131 g/mol. The molecule has 3 nitrogen and oxygen atoms in total. The second kappa shape index (κ2) is 3.33. The van der Waals surface area contributed by atoms with Gasteiger partial charge in [0.15, 0.2) is 0 Å². The van der Waals surface area contributed by atoms with E-state index in [1.165, 1.54) is 0 Å². The van der Waals surface area contributed by atoms with E-state index in [9.17, 15) is 9.36 Å². The van der Waals surface area contributed by atoms with Gasteiger partial charge in [-0.25, -0.2) is 4.57 Å². The molecule has 0 aromatic heterocycles. The maximum absolute atomic E-state index is 10.3. The average Bonchev–Trinajstić information content (AvgIpc) is 1.67. The number of nitrogens with one attached hydrogen (secondary N) is 1. The van der Waals surface area contributed by atoms with Gasteiger partial charge in [0.05, 0.1) is 0 Å². The molecule has 0 atom stereocenters. The summed E-state index contributed by atoms with van der Waals surface area (Å²) in [6, 6.07) is 0. The summed E-state index contributed by atoms with van der Waals surface area (Å²) in [5.74, 6) is -0.387. The first kappa shape index (κ1) is 7.31. The lowest BCUT2D eigenvalue weighted by atomic mass is 10.3. The van der Waals surface area contributed by atoms with Gasteiger partial charge in [0.2, 0.25) is 0 Å². The highest BCUT2D eigenvalue weighted by Gasteiger charge is 1.96. The Bertz CT molecular complexity index is 132. The molecule has 0 saturated carbocycles. The van der Waals surface area contributed by atoms with Gasteiger partial charge in [0.1, 0.15) is 0 Å². The second-order valence-corrected chi connectivity index (χ2v) is 1.72. The maximum Gasteiger partial charge on any atom is 0.281 e. The van der Waals surface area contributed by atoms with E-state index in [1.54, 1.807) is 6.92 Å². The Morgan fingerprint density at radius 2 is 2.25 bits per heavy atom. The molecule has 0 saturated heterocycles. The van der Waals surface area contributed by atoms with E-state index in [-0.39, 0.29) is 14.5 Å². The third-order valence-corrected chi connectivity index (χ3v) is 0.829. The number of rotatable bonds is 2. The van der Waals surface area contributed by atoms with Crippen molar-refractivity contribution in [1.29, 1.82) is 0 Å². The smallest absolute Gasteiger partial charge is 0.271 e. The van der Waals surface area contributed by atoms with Crippen molar-refractivity contribution in [2.45, 2.75) is 6.92 Å². The van der Waals surface area contributed by atoms with Gasteiger partial charge in [-0.2, -0.15) is 0 Å². The lowest BCUT2D eigenvalue weighted by Crippen LogP contribution is -2.12. The van der Waals surface area contributed by atoms with Gasteiger partial charge in [-0.3, -0.25) is 9.88 Å². The molecule has 0 aromatic rings. The molecule has 0 aromatic carbocycles. The van der Waals surface area contributed by atoms with Crippen molar-refractivity contribution < 1.29 is 9.36 Å². The van der Waals surface area contributed by atoms with Crippen molar-refractivity contribution in [2.24, 2.45) is 0 Å². The summed E-state index contributed by atoms with van der Waals surface area (Å²) in [7, 11) is -0.376. The Morgan fingerprint density at radius 1 is 1.75 bits per heavy atom. The zero-order valence-corrected chi connectivity index (χ0v) is 5.37. The topological polar surface area (TPSA) is 46.2 Å². The molecule has 0 aliphatic heterocycles. The van der Waals surface area contributed by atoms with E-state index in [2.05, 4.69) is 6.58 Å². The molecule has 1 N–H and O–H groups in total. The van der Waals surface area contributed by atoms with Crippen LogP contribution in [0.4, 0.5) is 0 Å². The predicted octanol–water partition coefficient (Wildman–Crippen LogP) is 0.885. The van der Waals surface area contributed by atoms with Crippen molar-refractivity contribution >= 4 is 14.5 Å². The van der Waals surface area contributed by atoms with Gasteiger partial charge in [0, 0.05) is 5.57 Å². The maximum atomic E-state index is 10.3. The fourth-order valence-corrected chi connectivity index (χ4v) is 0.411. The Morgan fingerprint density at radius 3 is 2.38 bits per heavy atom. The summed E-state index contributed by atoms with van der Waals surface area (Å²) in [6.07, 6.45) is 0. The molecule has 8 heavy (non-hydrogen) atoms. The van der Waals surface area contributed by atoms with Gasteiger partial charge >= 0.3 is 0 Å². The van der Waals surface area contributed by atoms with Crippen LogP contribution in [0, 0.1) is 0 Å². The zero-order valence-electron chi connectivity index (χ0n) is 4.47. The van der Waals surface area contributed by atoms with E-state index in [0.29, 0.717) is 5.57 Å². The summed E-state index contributed by atoms with van der Waals surface area (Å²) < 4.78 is 9.64. The molecule has 1 amide bonds. The van der Waals surface area contributed by atoms with Crippen molar-refractivity contribution in [2.75, 3.05) is 0 Å². The first-order valence-electron chi connectivity index (χ1n) is 1.96. The standard InChI is InChI=1S/C4H6NO2P/c1-3(2)4(6)5-8-7/h1H2,2H3,(H,5,6,7). The van der Waals surface area contributed by atoms with Gasteiger partial charge in [-0.15, -0.1) is 0 Å². The van der Waals surface area contributed by atoms with E-state index in [1.807, 2.05) is 5.09 Å². The molecule has 4 heteroatoms. The van der Waals surface area contributed by atoms with Crippen LogP contribution in [0.25, 0.3) is 0 Å². The fourth-order valence-electron chi connectivity index (χ4n) is 0.137. The largest absolute Gasteiger partial charge is 0.281 e. The van der Waals surface area contributed by atoms with Crippen molar-refractivity contribution in [3.8, 4) is 0 Å². The minimum Gasteiger partial charge on any atom is -0.271 e. The Kier molecular flexibility index (Phi) is 3.04. The van der Waals surface area contributed by atoms with Crippen LogP contribution < -0.4 is 5.09 Å². The highest BCUT2D eigenvalue weighted by molar-refractivity contribution is 7.22. The zero-order chi connectivity index (χ0) is 6.57. The molecule has 0 aliphatic carbocycles. The van der Waals surface area contributed by atoms with E-state index in [0.717, 1.165) is 0 Å². The Labute approximate surface area is 49.0 Å². The number of hydrogen-bond acceptors (Lipinski definition) is 2. The van der Waals surface area contributed by atoms with Gasteiger partial charge in [-0.05, 0) is 6.92 Å². The highest BCUT2D eigenvalue weighted by Crippen LogP contribution is 1.89. The lowest BCUT2D eigenvalue weighted by molar-refractivity contribution is -0.115. The van der Waals surface area contributed by atoms with Crippen molar-refractivity contribution in [3.63, 3.8) is 0 Å². The minimum atomic E-state index is -0.387. The monoisotopic (exact) mass is 131 g/mol. The van der Waals surface area contributed by atoms with Crippen LogP contribution in [-0.2, 0) is 9.36 Å². The molecule has 0 bridgehead atoms. The molecule has 0 rings (SSSR count). The minimum absolute atomic E-state index is 0.355. The van der Waals surface area contributed by atoms with Crippen LogP contribution in [-0.4, -0.2) is 5.91 Å². The third kappa shape index (κ3) is 2.48. The summed E-state index contributed by atoms with van der Waals surface area (Å²) in [6.45, 7) is 4.86. The number of carbonyl (C=O) groups excluding carboxylic acids is 1. The highest BCUT2D eigenvalue weighted by atomic mass is 31.1. The normalized spacial score (nSPS) is 8.62.